The molecule has 9 heteroatoms. The van der Waals surface area contributed by atoms with Crippen LogP contribution >= 0.6 is 0 Å². The second-order valence-electron chi connectivity index (χ2n) is 6.54. The highest BCUT2D eigenvalue weighted by molar-refractivity contribution is 7.86. The van der Waals surface area contributed by atoms with Gasteiger partial charge in [0.25, 0.3) is 0 Å². The molecular formula is C15H24O8S. The molecule has 0 rings (SSSR count). The maximum Gasteiger partial charge on any atom is 0.334 e. The van der Waals surface area contributed by atoms with E-state index in [0.717, 1.165) is 6.92 Å². The first-order valence-corrected chi connectivity index (χ1v) is 8.63. The Labute approximate surface area is 142 Å². The molecule has 0 heterocycles. The number of ether oxygens (including phenoxy) is 2. The fourth-order valence-corrected chi connectivity index (χ4v) is 1.92. The summed E-state index contributed by atoms with van der Waals surface area (Å²) in [6.45, 7) is 11.1. The normalized spacial score (nSPS) is 14.4. The summed E-state index contributed by atoms with van der Waals surface area (Å²) >= 11 is 0. The number of carbonyl (C=O) groups is 3. The zero-order chi connectivity index (χ0) is 19.3. The standard InChI is InChI=1S/C15H24O8S/c1-10(2)12(17)21-9-24(19,20)22-8-15(7,11(3)16)13(18)23-14(4,5)6/h1,8-9H2,2-7H3. The quantitative estimate of drug-likeness (QED) is 0.274. The SMILES string of the molecule is C=C(C)C(=O)OCS(=O)(=O)OCC(C)(C(C)=O)C(=O)OC(C)(C)C. The van der Waals surface area contributed by atoms with Crippen LogP contribution in [0.1, 0.15) is 41.5 Å². The average molecular weight is 364 g/mol. The predicted molar refractivity (Wildman–Crippen MR) is 85.3 cm³/mol. The predicted octanol–water partition coefficient (Wildman–Crippen LogP) is 1.35. The van der Waals surface area contributed by atoms with E-state index >= 15 is 0 Å². The number of Topliss-reactive ketones (excluding diaryl/α,β-unsaturated/α-hetero) is 1. The Balaban J connectivity index is 5.03. The molecule has 0 saturated heterocycles. The first-order chi connectivity index (χ1) is 10.6. The molecular weight excluding hydrogens is 340 g/mol. The fraction of sp³-hybridized carbons (Fsp3) is 0.667. The van der Waals surface area contributed by atoms with Crippen LogP contribution in [0.2, 0.25) is 0 Å². The average Bonchev–Trinajstić information content (AvgIpc) is 2.39. The van der Waals surface area contributed by atoms with Crippen LogP contribution in [-0.2, 0) is 38.2 Å². The first-order valence-electron chi connectivity index (χ1n) is 7.05. The van der Waals surface area contributed by atoms with Gasteiger partial charge in [-0.15, -0.1) is 0 Å². The van der Waals surface area contributed by atoms with Crippen LogP contribution in [0.15, 0.2) is 12.2 Å². The van der Waals surface area contributed by atoms with E-state index in [2.05, 4.69) is 15.5 Å². The van der Waals surface area contributed by atoms with Gasteiger partial charge < -0.3 is 9.47 Å². The second-order valence-corrected chi connectivity index (χ2v) is 8.13. The highest BCUT2D eigenvalue weighted by Crippen LogP contribution is 2.25. The van der Waals surface area contributed by atoms with Gasteiger partial charge in [-0.2, -0.15) is 8.42 Å². The van der Waals surface area contributed by atoms with Crippen molar-refractivity contribution in [3.05, 3.63) is 12.2 Å². The molecule has 0 saturated carbocycles. The van der Waals surface area contributed by atoms with Gasteiger partial charge in [-0.3, -0.25) is 13.8 Å². The molecule has 0 aromatic rings. The molecule has 1 unspecified atom stereocenters. The Morgan fingerprint density at radius 1 is 1.04 bits per heavy atom. The molecule has 24 heavy (non-hydrogen) atoms. The maximum absolute atomic E-state index is 12.2. The Bertz CT molecular complexity index is 626. The summed E-state index contributed by atoms with van der Waals surface area (Å²) in [5.74, 6) is -3.48. The number of ketones is 1. The van der Waals surface area contributed by atoms with Crippen LogP contribution in [0.4, 0.5) is 0 Å². The van der Waals surface area contributed by atoms with E-state index in [0.29, 0.717) is 0 Å². The molecule has 0 aliphatic heterocycles. The second kappa shape index (κ2) is 7.89. The van der Waals surface area contributed by atoms with Gasteiger partial charge in [0.1, 0.15) is 16.8 Å². The van der Waals surface area contributed by atoms with Crippen molar-refractivity contribution in [2.75, 3.05) is 12.5 Å². The third kappa shape index (κ3) is 7.22. The van der Waals surface area contributed by atoms with Gasteiger partial charge in [0.2, 0.25) is 5.94 Å². The Hall–Kier alpha value is -1.74. The molecule has 0 amide bonds. The molecule has 1 atom stereocenters. The third-order valence-corrected chi connectivity index (χ3v) is 3.72. The monoisotopic (exact) mass is 364 g/mol. The number of hydrogen-bond donors (Lipinski definition) is 0. The zero-order valence-corrected chi connectivity index (χ0v) is 15.6. The highest BCUT2D eigenvalue weighted by Gasteiger charge is 2.43. The maximum atomic E-state index is 12.2. The first kappa shape index (κ1) is 22.3. The van der Waals surface area contributed by atoms with E-state index in [1.54, 1.807) is 20.8 Å². The molecule has 138 valence electrons. The van der Waals surface area contributed by atoms with Crippen LogP contribution in [-0.4, -0.2) is 44.3 Å². The van der Waals surface area contributed by atoms with Crippen molar-refractivity contribution in [2.24, 2.45) is 5.41 Å². The Morgan fingerprint density at radius 3 is 1.92 bits per heavy atom. The molecule has 0 aliphatic rings. The van der Waals surface area contributed by atoms with Crippen LogP contribution in [0.5, 0.6) is 0 Å². The summed E-state index contributed by atoms with van der Waals surface area (Å²) in [6.07, 6.45) is 0. The van der Waals surface area contributed by atoms with E-state index in [1.165, 1.54) is 13.8 Å². The van der Waals surface area contributed by atoms with Crippen molar-refractivity contribution in [2.45, 2.75) is 47.1 Å². The number of carbonyl (C=O) groups excluding carboxylic acids is 3. The molecule has 0 aliphatic carbocycles. The summed E-state index contributed by atoms with van der Waals surface area (Å²) in [5, 5.41) is 0. The van der Waals surface area contributed by atoms with Crippen molar-refractivity contribution in [1.82, 2.24) is 0 Å². The van der Waals surface area contributed by atoms with Gasteiger partial charge in [-0.25, -0.2) is 4.79 Å². The van der Waals surface area contributed by atoms with Gasteiger partial charge in [0.05, 0.1) is 6.61 Å². The topological polar surface area (TPSA) is 113 Å². The minimum atomic E-state index is -4.30. The molecule has 8 nitrogen and oxygen atoms in total. The molecule has 0 radical (unpaired) electrons. The lowest BCUT2D eigenvalue weighted by molar-refractivity contribution is -0.170. The van der Waals surface area contributed by atoms with E-state index in [-0.39, 0.29) is 5.57 Å². The van der Waals surface area contributed by atoms with Crippen LogP contribution < -0.4 is 0 Å². The van der Waals surface area contributed by atoms with Crippen molar-refractivity contribution in [1.29, 1.82) is 0 Å². The van der Waals surface area contributed by atoms with Crippen molar-refractivity contribution in [3.8, 4) is 0 Å². The number of hydrogen-bond acceptors (Lipinski definition) is 8. The van der Waals surface area contributed by atoms with Gasteiger partial charge in [-0.05, 0) is 41.5 Å². The van der Waals surface area contributed by atoms with E-state index in [1.807, 2.05) is 0 Å². The van der Waals surface area contributed by atoms with Crippen LogP contribution in [0, 0.1) is 5.41 Å². The van der Waals surface area contributed by atoms with Gasteiger partial charge >= 0.3 is 22.1 Å². The van der Waals surface area contributed by atoms with Gasteiger partial charge in [0.15, 0.2) is 0 Å². The smallest absolute Gasteiger partial charge is 0.334 e. The summed E-state index contributed by atoms with van der Waals surface area (Å²) in [7, 11) is -4.30. The lowest BCUT2D eigenvalue weighted by atomic mass is 9.87. The number of rotatable bonds is 8. The highest BCUT2D eigenvalue weighted by atomic mass is 32.2. The van der Waals surface area contributed by atoms with Crippen molar-refractivity contribution < 1.29 is 36.5 Å². The lowest BCUT2D eigenvalue weighted by Crippen LogP contribution is -2.44. The lowest BCUT2D eigenvalue weighted by Gasteiger charge is -2.29. The Morgan fingerprint density at radius 2 is 1.54 bits per heavy atom. The molecule has 0 N–H and O–H groups in total. The fourth-order valence-electron chi connectivity index (χ4n) is 1.19. The minimum absolute atomic E-state index is 0.0209. The molecule has 0 aromatic heterocycles. The summed E-state index contributed by atoms with van der Waals surface area (Å²) < 4.78 is 37.8. The van der Waals surface area contributed by atoms with E-state index in [4.69, 9.17) is 4.74 Å². The molecule has 0 aromatic carbocycles. The summed E-state index contributed by atoms with van der Waals surface area (Å²) in [6, 6.07) is 0. The Kier molecular flexibility index (Phi) is 7.32. The molecule has 0 bridgehead atoms. The van der Waals surface area contributed by atoms with Crippen LogP contribution in [0.3, 0.4) is 0 Å². The zero-order valence-electron chi connectivity index (χ0n) is 14.8. The van der Waals surface area contributed by atoms with Crippen LogP contribution in [0.25, 0.3) is 0 Å². The number of esters is 2. The molecule has 0 fully saturated rings. The van der Waals surface area contributed by atoms with E-state index < -0.39 is 51.4 Å². The van der Waals surface area contributed by atoms with Gasteiger partial charge in [-0.1, -0.05) is 6.58 Å². The summed E-state index contributed by atoms with van der Waals surface area (Å²) in [4.78, 5) is 35.2. The van der Waals surface area contributed by atoms with E-state index in [9.17, 15) is 22.8 Å². The largest absolute Gasteiger partial charge is 0.459 e. The molecule has 0 spiro atoms. The van der Waals surface area contributed by atoms with Crippen molar-refractivity contribution >= 4 is 27.8 Å². The third-order valence-electron chi connectivity index (χ3n) is 2.84. The van der Waals surface area contributed by atoms with Crippen molar-refractivity contribution in [3.63, 3.8) is 0 Å². The van der Waals surface area contributed by atoms with Gasteiger partial charge in [0, 0.05) is 5.57 Å². The minimum Gasteiger partial charge on any atom is -0.459 e. The summed E-state index contributed by atoms with van der Waals surface area (Å²) in [5.41, 5.74) is -2.64.